The van der Waals surface area contributed by atoms with Gasteiger partial charge in [0, 0.05) is 22.5 Å². The molecule has 116 valence electrons. The van der Waals surface area contributed by atoms with Crippen LogP contribution in [0.5, 0.6) is 5.75 Å². The van der Waals surface area contributed by atoms with Crippen LogP contribution in [0.3, 0.4) is 0 Å². The molecule has 0 saturated heterocycles. The average Bonchev–Trinajstić information content (AvgIpc) is 2.46. The molecule has 0 radical (unpaired) electrons. The third-order valence-corrected chi connectivity index (χ3v) is 5.88. The first kappa shape index (κ1) is 15.4. The molecule has 1 aromatic rings. The molecule has 3 unspecified atom stereocenters. The van der Waals surface area contributed by atoms with E-state index in [9.17, 15) is 0 Å². The second-order valence-electron chi connectivity index (χ2n) is 7.11. The standard InChI is InChI=1S/C18H26BrNO/c1-12(2)13-5-4-8-18(10-13)11-16(20-3)15-7-6-14(19)9-17(15)21-18/h6-7,9,12-13,16,20H,4-5,8,10-11H2,1-3H3. The van der Waals surface area contributed by atoms with Crippen molar-refractivity contribution in [1.82, 2.24) is 5.32 Å². The molecule has 21 heavy (non-hydrogen) atoms. The molecular weight excluding hydrogens is 326 g/mol. The van der Waals surface area contributed by atoms with Gasteiger partial charge in [-0.1, -0.05) is 35.8 Å². The van der Waals surface area contributed by atoms with Gasteiger partial charge >= 0.3 is 0 Å². The van der Waals surface area contributed by atoms with Crippen molar-refractivity contribution in [3.05, 3.63) is 28.2 Å². The first-order chi connectivity index (χ1) is 10.0. The Bertz CT molecular complexity index is 516. The molecule has 1 saturated carbocycles. The Morgan fingerprint density at radius 1 is 1.33 bits per heavy atom. The lowest BCUT2D eigenvalue weighted by Crippen LogP contribution is -2.47. The molecular formula is C18H26BrNO. The first-order valence-corrected chi connectivity index (χ1v) is 8.98. The fourth-order valence-corrected chi connectivity index (χ4v) is 4.45. The minimum absolute atomic E-state index is 0.0364. The van der Waals surface area contributed by atoms with Crippen molar-refractivity contribution >= 4 is 15.9 Å². The van der Waals surface area contributed by atoms with Crippen LogP contribution in [0.25, 0.3) is 0 Å². The number of hydrogen-bond donors (Lipinski definition) is 1. The molecule has 1 spiro atoms. The summed E-state index contributed by atoms with van der Waals surface area (Å²) in [5.74, 6) is 2.62. The van der Waals surface area contributed by atoms with Crippen molar-refractivity contribution in [2.45, 2.75) is 57.6 Å². The maximum absolute atomic E-state index is 6.58. The predicted octanol–water partition coefficient (Wildman–Crippen LogP) is 5.08. The number of hydrogen-bond acceptors (Lipinski definition) is 2. The van der Waals surface area contributed by atoms with Gasteiger partial charge in [-0.25, -0.2) is 0 Å². The molecule has 3 rings (SSSR count). The summed E-state index contributed by atoms with van der Waals surface area (Å²) >= 11 is 3.58. The topological polar surface area (TPSA) is 21.3 Å². The molecule has 1 fully saturated rings. The second kappa shape index (κ2) is 5.92. The quantitative estimate of drug-likeness (QED) is 0.802. The number of benzene rings is 1. The van der Waals surface area contributed by atoms with Crippen molar-refractivity contribution in [3.8, 4) is 5.75 Å². The Balaban J connectivity index is 1.92. The van der Waals surface area contributed by atoms with E-state index < -0.39 is 0 Å². The van der Waals surface area contributed by atoms with Gasteiger partial charge in [0.05, 0.1) is 0 Å². The smallest absolute Gasteiger partial charge is 0.126 e. The third kappa shape index (κ3) is 3.00. The molecule has 1 N–H and O–H groups in total. The zero-order chi connectivity index (χ0) is 15.0. The SMILES string of the molecule is CNC1CC2(CCCC(C(C)C)C2)Oc2cc(Br)ccc21. The number of fused-ring (bicyclic) bond motifs is 1. The molecule has 0 aromatic heterocycles. The second-order valence-corrected chi connectivity index (χ2v) is 8.03. The van der Waals surface area contributed by atoms with E-state index in [1.54, 1.807) is 0 Å². The van der Waals surface area contributed by atoms with E-state index in [0.29, 0.717) is 6.04 Å². The highest BCUT2D eigenvalue weighted by Gasteiger charge is 2.44. The molecule has 1 heterocycles. The van der Waals surface area contributed by atoms with E-state index in [4.69, 9.17) is 4.74 Å². The van der Waals surface area contributed by atoms with Crippen LogP contribution in [0.1, 0.15) is 57.6 Å². The van der Waals surface area contributed by atoms with Crippen LogP contribution in [-0.4, -0.2) is 12.6 Å². The number of halogens is 1. The predicted molar refractivity (Wildman–Crippen MR) is 90.7 cm³/mol. The van der Waals surface area contributed by atoms with Crippen LogP contribution < -0.4 is 10.1 Å². The molecule has 1 aliphatic heterocycles. The molecule has 2 nitrogen and oxygen atoms in total. The van der Waals surface area contributed by atoms with Crippen LogP contribution in [0, 0.1) is 11.8 Å². The fraction of sp³-hybridized carbons (Fsp3) is 0.667. The fourth-order valence-electron chi connectivity index (χ4n) is 4.11. The van der Waals surface area contributed by atoms with Gasteiger partial charge in [0.1, 0.15) is 11.4 Å². The highest BCUT2D eigenvalue weighted by molar-refractivity contribution is 9.10. The zero-order valence-electron chi connectivity index (χ0n) is 13.3. The normalized spacial score (nSPS) is 32.0. The monoisotopic (exact) mass is 351 g/mol. The molecule has 0 bridgehead atoms. The summed E-state index contributed by atoms with van der Waals surface area (Å²) in [5, 5.41) is 3.50. The van der Waals surface area contributed by atoms with Gasteiger partial charge in [0.25, 0.3) is 0 Å². The first-order valence-electron chi connectivity index (χ1n) is 8.19. The highest BCUT2D eigenvalue weighted by Crippen LogP contribution is 2.49. The van der Waals surface area contributed by atoms with Gasteiger partial charge < -0.3 is 10.1 Å². The molecule has 1 aromatic carbocycles. The lowest BCUT2D eigenvalue weighted by molar-refractivity contribution is -0.0279. The summed E-state index contributed by atoms with van der Waals surface area (Å²) in [5.41, 5.74) is 1.34. The molecule has 1 aliphatic carbocycles. The minimum Gasteiger partial charge on any atom is -0.487 e. The average molecular weight is 352 g/mol. The van der Waals surface area contributed by atoms with Crippen LogP contribution >= 0.6 is 15.9 Å². The van der Waals surface area contributed by atoms with Crippen LogP contribution in [-0.2, 0) is 0 Å². The maximum atomic E-state index is 6.58. The largest absolute Gasteiger partial charge is 0.487 e. The van der Waals surface area contributed by atoms with E-state index >= 15 is 0 Å². The Morgan fingerprint density at radius 3 is 2.86 bits per heavy atom. The Labute approximate surface area is 136 Å². The highest BCUT2D eigenvalue weighted by atomic mass is 79.9. The van der Waals surface area contributed by atoms with Gasteiger partial charge in [-0.05, 0) is 56.7 Å². The van der Waals surface area contributed by atoms with Crippen molar-refractivity contribution in [1.29, 1.82) is 0 Å². The van der Waals surface area contributed by atoms with E-state index in [1.165, 1.54) is 31.2 Å². The van der Waals surface area contributed by atoms with Crippen molar-refractivity contribution in [2.75, 3.05) is 7.05 Å². The zero-order valence-corrected chi connectivity index (χ0v) is 14.9. The van der Waals surface area contributed by atoms with Crippen molar-refractivity contribution in [2.24, 2.45) is 11.8 Å². The van der Waals surface area contributed by atoms with Gasteiger partial charge in [0.2, 0.25) is 0 Å². The van der Waals surface area contributed by atoms with E-state index in [0.717, 1.165) is 28.5 Å². The summed E-state index contributed by atoms with van der Waals surface area (Å²) in [6.45, 7) is 4.71. The van der Waals surface area contributed by atoms with E-state index in [2.05, 4.69) is 60.3 Å². The third-order valence-electron chi connectivity index (χ3n) is 5.39. The van der Waals surface area contributed by atoms with Gasteiger partial charge in [-0.15, -0.1) is 0 Å². The Morgan fingerprint density at radius 2 is 2.14 bits per heavy atom. The lowest BCUT2D eigenvalue weighted by atomic mass is 9.70. The van der Waals surface area contributed by atoms with E-state index in [1.807, 2.05) is 0 Å². The summed E-state index contributed by atoms with van der Waals surface area (Å²) in [6, 6.07) is 6.85. The maximum Gasteiger partial charge on any atom is 0.126 e. The number of nitrogens with one attached hydrogen (secondary N) is 1. The summed E-state index contributed by atoms with van der Waals surface area (Å²) < 4.78 is 7.68. The van der Waals surface area contributed by atoms with Gasteiger partial charge in [-0.3, -0.25) is 0 Å². The Hall–Kier alpha value is -0.540. The summed E-state index contributed by atoms with van der Waals surface area (Å²) in [6.07, 6.45) is 6.15. The van der Waals surface area contributed by atoms with Crippen LogP contribution in [0.2, 0.25) is 0 Å². The van der Waals surface area contributed by atoms with Crippen LogP contribution in [0.4, 0.5) is 0 Å². The van der Waals surface area contributed by atoms with Gasteiger partial charge in [-0.2, -0.15) is 0 Å². The number of ether oxygens (including phenoxy) is 1. The Kier molecular flexibility index (Phi) is 4.33. The van der Waals surface area contributed by atoms with E-state index in [-0.39, 0.29) is 5.60 Å². The van der Waals surface area contributed by atoms with Gasteiger partial charge in [0.15, 0.2) is 0 Å². The summed E-state index contributed by atoms with van der Waals surface area (Å²) in [7, 11) is 2.07. The summed E-state index contributed by atoms with van der Waals surface area (Å²) in [4.78, 5) is 0. The molecule has 3 atom stereocenters. The minimum atomic E-state index is 0.0364. The van der Waals surface area contributed by atoms with Crippen LogP contribution in [0.15, 0.2) is 22.7 Å². The molecule has 0 amide bonds. The van der Waals surface area contributed by atoms with Crippen molar-refractivity contribution < 1.29 is 4.74 Å². The molecule has 2 aliphatic rings. The van der Waals surface area contributed by atoms with Crippen molar-refractivity contribution in [3.63, 3.8) is 0 Å². The lowest BCUT2D eigenvalue weighted by Gasteiger charge is -2.47. The molecule has 3 heteroatoms. The number of rotatable bonds is 2.